The number of nitrogens with one attached hydrogen (secondary N) is 1. The molecule has 1 atom stereocenters. The van der Waals surface area contributed by atoms with Crippen molar-refractivity contribution < 1.29 is 0 Å². The van der Waals surface area contributed by atoms with Crippen molar-refractivity contribution in [2.45, 2.75) is 6.04 Å². The van der Waals surface area contributed by atoms with E-state index in [0.717, 1.165) is 11.4 Å². The van der Waals surface area contributed by atoms with Crippen LogP contribution >= 0.6 is 11.6 Å². The first kappa shape index (κ1) is 11.0. The average Bonchev–Trinajstić information content (AvgIpc) is 2.69. The number of nitrogens with zero attached hydrogens (tertiary/aromatic N) is 4. The molecule has 0 radical (unpaired) electrons. The molecule has 2 aromatic rings. The van der Waals surface area contributed by atoms with Gasteiger partial charge in [0.1, 0.15) is 6.04 Å². The maximum Gasteiger partial charge on any atom is 0.106 e. The maximum atomic E-state index is 5.77. The lowest BCUT2D eigenvalue weighted by Crippen LogP contribution is -2.31. The molecule has 0 aliphatic carbocycles. The topological polar surface area (TPSA) is 81.7 Å². The van der Waals surface area contributed by atoms with E-state index in [0.29, 0.717) is 5.02 Å². The second kappa shape index (κ2) is 4.56. The van der Waals surface area contributed by atoms with E-state index in [9.17, 15) is 0 Å². The van der Waals surface area contributed by atoms with Gasteiger partial charge in [0.15, 0.2) is 0 Å². The average molecular weight is 239 g/mol. The van der Waals surface area contributed by atoms with Gasteiger partial charge in [0, 0.05) is 13.2 Å². The summed E-state index contributed by atoms with van der Waals surface area (Å²) < 4.78 is 1.64. The fourth-order valence-electron chi connectivity index (χ4n) is 1.44. The lowest BCUT2D eigenvalue weighted by atomic mass is 10.1. The molecule has 0 bridgehead atoms. The van der Waals surface area contributed by atoms with Crippen molar-refractivity contribution in [3.63, 3.8) is 0 Å². The lowest BCUT2D eigenvalue weighted by molar-refractivity contribution is 0.560. The van der Waals surface area contributed by atoms with Gasteiger partial charge in [-0.25, -0.2) is 5.43 Å². The van der Waals surface area contributed by atoms with Gasteiger partial charge < -0.3 is 0 Å². The summed E-state index contributed by atoms with van der Waals surface area (Å²) in [6.45, 7) is 0. The van der Waals surface area contributed by atoms with Gasteiger partial charge in [0.2, 0.25) is 0 Å². The van der Waals surface area contributed by atoms with Crippen LogP contribution in [-0.4, -0.2) is 20.0 Å². The molecule has 2 aromatic heterocycles. The summed E-state index contributed by atoms with van der Waals surface area (Å²) in [5.41, 5.74) is 4.27. The standard InChI is InChI=1S/C9H11ClN6/c1-16-8(5-13-15-16)9(14-11)7-3-2-6(10)4-12-7/h2-5,9,14H,11H2,1H3. The van der Waals surface area contributed by atoms with Crippen LogP contribution in [0.4, 0.5) is 0 Å². The van der Waals surface area contributed by atoms with E-state index in [1.165, 1.54) is 0 Å². The van der Waals surface area contributed by atoms with Crippen molar-refractivity contribution in [2.75, 3.05) is 0 Å². The molecule has 0 saturated carbocycles. The molecule has 84 valence electrons. The van der Waals surface area contributed by atoms with Crippen molar-refractivity contribution in [3.8, 4) is 0 Å². The normalized spacial score (nSPS) is 12.7. The smallest absolute Gasteiger partial charge is 0.106 e. The third kappa shape index (κ3) is 2.04. The Morgan fingerprint density at radius 3 is 2.75 bits per heavy atom. The van der Waals surface area contributed by atoms with Crippen LogP contribution in [0.1, 0.15) is 17.4 Å². The summed E-state index contributed by atoms with van der Waals surface area (Å²) in [5, 5.41) is 8.23. The fourth-order valence-corrected chi connectivity index (χ4v) is 1.55. The number of hydrazine groups is 1. The zero-order valence-electron chi connectivity index (χ0n) is 8.63. The number of aryl methyl sites for hydroxylation is 1. The van der Waals surface area contributed by atoms with Crippen LogP contribution in [0.25, 0.3) is 0 Å². The number of aromatic nitrogens is 4. The van der Waals surface area contributed by atoms with E-state index < -0.39 is 0 Å². The Kier molecular flexibility index (Phi) is 3.14. The van der Waals surface area contributed by atoms with Gasteiger partial charge in [-0.3, -0.25) is 15.5 Å². The Balaban J connectivity index is 2.37. The predicted octanol–water partition coefficient (Wildman–Crippen LogP) is 0.416. The Labute approximate surface area is 97.4 Å². The highest BCUT2D eigenvalue weighted by atomic mass is 35.5. The van der Waals surface area contributed by atoms with Crippen molar-refractivity contribution >= 4 is 11.6 Å². The van der Waals surface area contributed by atoms with Gasteiger partial charge in [0.05, 0.1) is 22.6 Å². The highest BCUT2D eigenvalue weighted by molar-refractivity contribution is 6.30. The highest BCUT2D eigenvalue weighted by Crippen LogP contribution is 2.18. The van der Waals surface area contributed by atoms with Gasteiger partial charge in [-0.05, 0) is 12.1 Å². The first-order chi connectivity index (χ1) is 7.72. The molecule has 7 heteroatoms. The molecular formula is C9H11ClN6. The number of nitrogens with two attached hydrogens (primary N) is 1. The minimum atomic E-state index is -0.253. The SMILES string of the molecule is Cn1nncc1C(NN)c1ccc(Cl)cn1. The molecule has 0 aromatic carbocycles. The second-order valence-corrected chi connectivity index (χ2v) is 3.72. The lowest BCUT2D eigenvalue weighted by Gasteiger charge is -2.14. The van der Waals surface area contributed by atoms with E-state index >= 15 is 0 Å². The van der Waals surface area contributed by atoms with Gasteiger partial charge >= 0.3 is 0 Å². The van der Waals surface area contributed by atoms with Crippen LogP contribution in [0.5, 0.6) is 0 Å². The van der Waals surface area contributed by atoms with Crippen molar-refractivity contribution in [2.24, 2.45) is 12.9 Å². The van der Waals surface area contributed by atoms with E-state index in [-0.39, 0.29) is 6.04 Å². The third-order valence-corrected chi connectivity index (χ3v) is 2.48. The van der Waals surface area contributed by atoms with Crippen molar-refractivity contribution in [1.29, 1.82) is 0 Å². The summed E-state index contributed by atoms with van der Waals surface area (Å²) in [6.07, 6.45) is 3.21. The summed E-state index contributed by atoms with van der Waals surface area (Å²) in [6, 6.07) is 3.31. The van der Waals surface area contributed by atoms with Gasteiger partial charge in [-0.2, -0.15) is 0 Å². The van der Waals surface area contributed by atoms with E-state index in [2.05, 4.69) is 20.7 Å². The van der Waals surface area contributed by atoms with E-state index in [1.54, 1.807) is 36.3 Å². The van der Waals surface area contributed by atoms with E-state index in [1.807, 2.05) is 0 Å². The maximum absolute atomic E-state index is 5.77. The minimum Gasteiger partial charge on any atom is -0.270 e. The van der Waals surface area contributed by atoms with Crippen LogP contribution in [0.3, 0.4) is 0 Å². The predicted molar refractivity (Wildman–Crippen MR) is 59.4 cm³/mol. The van der Waals surface area contributed by atoms with E-state index in [4.69, 9.17) is 17.4 Å². The molecule has 1 unspecified atom stereocenters. The van der Waals surface area contributed by atoms with Crippen molar-refractivity contribution in [3.05, 3.63) is 40.9 Å². The second-order valence-electron chi connectivity index (χ2n) is 3.28. The summed E-state index contributed by atoms with van der Waals surface area (Å²) >= 11 is 5.77. The first-order valence-electron chi connectivity index (χ1n) is 4.64. The minimum absolute atomic E-state index is 0.253. The summed E-state index contributed by atoms with van der Waals surface area (Å²) in [5.74, 6) is 5.51. The van der Waals surface area contributed by atoms with Gasteiger partial charge in [-0.1, -0.05) is 16.8 Å². The molecule has 0 aliphatic rings. The van der Waals surface area contributed by atoms with Gasteiger partial charge in [0.25, 0.3) is 0 Å². The molecule has 2 rings (SSSR count). The Morgan fingerprint density at radius 2 is 2.25 bits per heavy atom. The van der Waals surface area contributed by atoms with Crippen LogP contribution in [0, 0.1) is 0 Å². The van der Waals surface area contributed by atoms with Gasteiger partial charge in [-0.15, -0.1) is 5.10 Å². The molecule has 0 saturated heterocycles. The molecule has 0 amide bonds. The fraction of sp³-hybridized carbons (Fsp3) is 0.222. The largest absolute Gasteiger partial charge is 0.270 e. The number of rotatable bonds is 3. The molecule has 0 spiro atoms. The molecule has 2 heterocycles. The number of halogens is 1. The molecular weight excluding hydrogens is 228 g/mol. The molecule has 0 fully saturated rings. The molecule has 0 aliphatic heterocycles. The van der Waals surface area contributed by atoms with Crippen molar-refractivity contribution in [1.82, 2.24) is 25.4 Å². The zero-order chi connectivity index (χ0) is 11.5. The van der Waals surface area contributed by atoms with Crippen LogP contribution in [0.2, 0.25) is 5.02 Å². The molecule has 6 nitrogen and oxygen atoms in total. The quantitative estimate of drug-likeness (QED) is 0.598. The first-order valence-corrected chi connectivity index (χ1v) is 5.02. The Bertz CT molecular complexity index is 465. The monoisotopic (exact) mass is 238 g/mol. The highest BCUT2D eigenvalue weighted by Gasteiger charge is 2.17. The van der Waals surface area contributed by atoms with Crippen LogP contribution in [-0.2, 0) is 7.05 Å². The zero-order valence-corrected chi connectivity index (χ0v) is 9.39. The number of hydrogen-bond acceptors (Lipinski definition) is 5. The summed E-state index contributed by atoms with van der Waals surface area (Å²) in [4.78, 5) is 4.20. The molecule has 16 heavy (non-hydrogen) atoms. The Hall–Kier alpha value is -1.50. The number of pyridine rings is 1. The summed E-state index contributed by atoms with van der Waals surface area (Å²) in [7, 11) is 1.79. The Morgan fingerprint density at radius 1 is 1.44 bits per heavy atom. The molecule has 3 N–H and O–H groups in total. The number of hydrogen-bond donors (Lipinski definition) is 2. The van der Waals surface area contributed by atoms with Crippen LogP contribution in [0.15, 0.2) is 24.5 Å². The third-order valence-electron chi connectivity index (χ3n) is 2.26. The van der Waals surface area contributed by atoms with Crippen LogP contribution < -0.4 is 11.3 Å².